The highest BCUT2D eigenvalue weighted by atomic mass is 79.9. The summed E-state index contributed by atoms with van der Waals surface area (Å²) >= 11 is 9.49. The fourth-order valence-electron chi connectivity index (χ4n) is 3.88. The van der Waals surface area contributed by atoms with Crippen molar-refractivity contribution in [2.75, 3.05) is 4.90 Å². The molecule has 148 valence electrons. The summed E-state index contributed by atoms with van der Waals surface area (Å²) < 4.78 is 6.73. The lowest BCUT2D eigenvalue weighted by Crippen LogP contribution is -2.29. The van der Waals surface area contributed by atoms with Gasteiger partial charge in [0.05, 0.1) is 17.0 Å². The van der Waals surface area contributed by atoms with E-state index in [4.69, 9.17) is 16.0 Å². The highest BCUT2D eigenvalue weighted by Gasteiger charge is 2.43. The smallest absolute Gasteiger partial charge is 0.295 e. The van der Waals surface area contributed by atoms with E-state index < -0.39 is 6.04 Å². The molecule has 0 saturated heterocycles. The van der Waals surface area contributed by atoms with Crippen molar-refractivity contribution in [1.82, 2.24) is 0 Å². The highest BCUT2D eigenvalue weighted by Crippen LogP contribution is 2.41. The fraction of sp³-hybridized carbons (Fsp3) is 0.0833. The van der Waals surface area contributed by atoms with Gasteiger partial charge in [-0.3, -0.25) is 14.5 Å². The van der Waals surface area contributed by atoms with Crippen LogP contribution in [0.5, 0.6) is 0 Å². The molecule has 1 aliphatic rings. The summed E-state index contributed by atoms with van der Waals surface area (Å²) in [6, 6.07) is 19.4. The number of amides is 1. The molecule has 5 rings (SSSR count). The van der Waals surface area contributed by atoms with Gasteiger partial charge in [0.15, 0.2) is 5.43 Å². The molecule has 0 radical (unpaired) electrons. The van der Waals surface area contributed by atoms with E-state index >= 15 is 0 Å². The molecule has 4 nitrogen and oxygen atoms in total. The van der Waals surface area contributed by atoms with Crippen molar-refractivity contribution < 1.29 is 9.21 Å². The normalized spacial score (nSPS) is 15.6. The molecular weight excluding hydrogens is 466 g/mol. The van der Waals surface area contributed by atoms with Crippen molar-refractivity contribution in [1.29, 1.82) is 0 Å². The zero-order valence-corrected chi connectivity index (χ0v) is 18.2. The van der Waals surface area contributed by atoms with E-state index in [2.05, 4.69) is 15.9 Å². The van der Waals surface area contributed by atoms with Gasteiger partial charge in [0.1, 0.15) is 5.58 Å². The van der Waals surface area contributed by atoms with Gasteiger partial charge in [0.2, 0.25) is 5.76 Å². The van der Waals surface area contributed by atoms with Gasteiger partial charge in [-0.05, 0) is 55.0 Å². The molecule has 0 fully saturated rings. The van der Waals surface area contributed by atoms with E-state index in [0.29, 0.717) is 27.2 Å². The first kappa shape index (κ1) is 19.1. The number of fused-ring (bicyclic) bond motifs is 2. The van der Waals surface area contributed by atoms with Crippen LogP contribution in [0.2, 0.25) is 5.02 Å². The molecule has 1 aromatic heterocycles. The number of hydrogen-bond acceptors (Lipinski definition) is 3. The summed E-state index contributed by atoms with van der Waals surface area (Å²) in [5, 5.41) is 1.01. The van der Waals surface area contributed by atoms with Crippen LogP contribution in [0.15, 0.2) is 80.4 Å². The molecule has 1 unspecified atom stereocenters. The van der Waals surface area contributed by atoms with Gasteiger partial charge in [-0.15, -0.1) is 0 Å². The van der Waals surface area contributed by atoms with Gasteiger partial charge in [0, 0.05) is 15.2 Å². The summed E-state index contributed by atoms with van der Waals surface area (Å²) in [5.41, 5.74) is 3.07. The number of carbonyl (C=O) groups excluding carboxylic acids is 1. The zero-order valence-electron chi connectivity index (χ0n) is 15.9. The molecule has 30 heavy (non-hydrogen) atoms. The van der Waals surface area contributed by atoms with E-state index in [-0.39, 0.29) is 17.1 Å². The number of nitrogens with zero attached hydrogens (tertiary/aromatic N) is 1. The number of rotatable bonds is 2. The van der Waals surface area contributed by atoms with Gasteiger partial charge < -0.3 is 4.42 Å². The predicted molar refractivity (Wildman–Crippen MR) is 121 cm³/mol. The van der Waals surface area contributed by atoms with Crippen LogP contribution in [0.4, 0.5) is 5.69 Å². The quantitative estimate of drug-likeness (QED) is 0.340. The molecule has 0 saturated carbocycles. The van der Waals surface area contributed by atoms with Crippen LogP contribution >= 0.6 is 27.5 Å². The Bertz CT molecular complexity index is 1360. The molecule has 0 bridgehead atoms. The lowest BCUT2D eigenvalue weighted by molar-refractivity contribution is 0.0971. The number of hydrogen-bond donors (Lipinski definition) is 0. The minimum Gasteiger partial charge on any atom is -0.450 e. The zero-order chi connectivity index (χ0) is 21.0. The Balaban J connectivity index is 1.81. The van der Waals surface area contributed by atoms with Gasteiger partial charge in [-0.25, -0.2) is 0 Å². The van der Waals surface area contributed by atoms with Crippen LogP contribution in [-0.4, -0.2) is 5.91 Å². The second kappa shape index (κ2) is 7.11. The third kappa shape index (κ3) is 2.97. The monoisotopic (exact) mass is 479 g/mol. The summed E-state index contributed by atoms with van der Waals surface area (Å²) in [4.78, 5) is 28.6. The largest absolute Gasteiger partial charge is 0.450 e. The number of halogens is 2. The maximum atomic E-state index is 13.5. The summed E-state index contributed by atoms with van der Waals surface area (Å²) in [6.45, 7) is 1.98. The lowest BCUT2D eigenvalue weighted by atomic mass is 9.98. The molecule has 1 amide bonds. The van der Waals surface area contributed by atoms with Gasteiger partial charge in [-0.1, -0.05) is 57.4 Å². The van der Waals surface area contributed by atoms with Crippen molar-refractivity contribution in [3.8, 4) is 0 Å². The Hall–Kier alpha value is -2.89. The molecule has 0 aliphatic carbocycles. The topological polar surface area (TPSA) is 50.5 Å². The first-order valence-corrected chi connectivity index (χ1v) is 10.5. The first-order chi connectivity index (χ1) is 14.4. The molecule has 6 heteroatoms. The van der Waals surface area contributed by atoms with Crippen LogP contribution in [0.25, 0.3) is 11.0 Å². The number of aryl methyl sites for hydroxylation is 1. The molecular formula is C24H15BrClNO3. The Kier molecular flexibility index (Phi) is 4.53. The summed E-state index contributed by atoms with van der Waals surface area (Å²) in [5.74, 6) is -0.258. The standard InChI is InChI=1S/C24H15BrClNO3/c1-13-2-9-17(10-3-13)27-21(14-4-7-16(26)8-5-14)20-22(28)18-12-15(25)6-11-19(18)30-23(20)24(27)29/h2-12,21H,1H3. The maximum absolute atomic E-state index is 13.5. The first-order valence-electron chi connectivity index (χ1n) is 9.36. The predicted octanol–water partition coefficient (Wildman–Crippen LogP) is 6.27. The average molecular weight is 481 g/mol. The Morgan fingerprint density at radius 2 is 1.67 bits per heavy atom. The van der Waals surface area contributed by atoms with E-state index in [9.17, 15) is 9.59 Å². The molecule has 4 aromatic rings. The molecule has 1 atom stereocenters. The fourth-order valence-corrected chi connectivity index (χ4v) is 4.36. The molecule has 1 aliphatic heterocycles. The summed E-state index contributed by atoms with van der Waals surface area (Å²) in [6.07, 6.45) is 0. The van der Waals surface area contributed by atoms with Crippen molar-refractivity contribution in [3.05, 3.63) is 109 Å². The van der Waals surface area contributed by atoms with E-state index in [1.54, 1.807) is 35.2 Å². The van der Waals surface area contributed by atoms with Crippen LogP contribution in [0.1, 0.15) is 33.3 Å². The van der Waals surface area contributed by atoms with Gasteiger partial charge >= 0.3 is 0 Å². The molecule has 0 N–H and O–H groups in total. The Morgan fingerprint density at radius 1 is 0.967 bits per heavy atom. The second-order valence-corrected chi connectivity index (χ2v) is 8.63. The van der Waals surface area contributed by atoms with Crippen LogP contribution in [0.3, 0.4) is 0 Å². The summed E-state index contributed by atoms with van der Waals surface area (Å²) in [7, 11) is 0. The third-order valence-corrected chi connectivity index (χ3v) is 6.08. The third-order valence-electron chi connectivity index (χ3n) is 5.33. The van der Waals surface area contributed by atoms with Crippen molar-refractivity contribution in [2.24, 2.45) is 0 Å². The highest BCUT2D eigenvalue weighted by molar-refractivity contribution is 9.10. The van der Waals surface area contributed by atoms with Gasteiger partial charge in [-0.2, -0.15) is 0 Å². The SMILES string of the molecule is Cc1ccc(N2C(=O)c3oc4ccc(Br)cc4c(=O)c3C2c2ccc(Cl)cc2)cc1. The molecule has 3 aromatic carbocycles. The van der Waals surface area contributed by atoms with Gasteiger partial charge in [0.25, 0.3) is 5.91 Å². The van der Waals surface area contributed by atoms with Crippen LogP contribution < -0.4 is 10.3 Å². The Morgan fingerprint density at radius 3 is 2.37 bits per heavy atom. The van der Waals surface area contributed by atoms with E-state index in [1.807, 2.05) is 43.3 Å². The average Bonchev–Trinajstić information content (AvgIpc) is 3.03. The number of benzene rings is 3. The molecule has 2 heterocycles. The van der Waals surface area contributed by atoms with Crippen LogP contribution in [-0.2, 0) is 0 Å². The second-order valence-electron chi connectivity index (χ2n) is 7.28. The minimum atomic E-state index is -0.605. The number of anilines is 1. The maximum Gasteiger partial charge on any atom is 0.295 e. The Labute approximate surface area is 185 Å². The minimum absolute atomic E-state index is 0.0790. The van der Waals surface area contributed by atoms with Crippen molar-refractivity contribution in [3.63, 3.8) is 0 Å². The van der Waals surface area contributed by atoms with Crippen molar-refractivity contribution in [2.45, 2.75) is 13.0 Å². The van der Waals surface area contributed by atoms with E-state index in [0.717, 1.165) is 15.6 Å². The van der Waals surface area contributed by atoms with Crippen LogP contribution in [0, 0.1) is 6.92 Å². The van der Waals surface area contributed by atoms with Crippen molar-refractivity contribution >= 4 is 50.1 Å². The van der Waals surface area contributed by atoms with E-state index in [1.165, 1.54) is 0 Å². The molecule has 0 spiro atoms. The number of carbonyl (C=O) groups is 1. The lowest BCUT2D eigenvalue weighted by Gasteiger charge is -2.25.